The molecule has 0 aliphatic rings. The highest BCUT2D eigenvalue weighted by Crippen LogP contribution is 2.19. The van der Waals surface area contributed by atoms with Crippen molar-refractivity contribution in [2.75, 3.05) is 32.7 Å². The van der Waals surface area contributed by atoms with Crippen molar-refractivity contribution >= 4 is 11.7 Å². The van der Waals surface area contributed by atoms with E-state index in [9.17, 15) is 4.79 Å². The molecule has 0 unspecified atom stereocenters. The predicted octanol–water partition coefficient (Wildman–Crippen LogP) is 3.08. The smallest absolute Gasteiger partial charge is 0.322 e. The minimum atomic E-state index is -0.205. The summed E-state index contributed by atoms with van der Waals surface area (Å²) in [7, 11) is 3.24. The normalized spacial score (nSPS) is 10.3. The summed E-state index contributed by atoms with van der Waals surface area (Å²) < 4.78 is 10.5. The summed E-state index contributed by atoms with van der Waals surface area (Å²) in [5.41, 5.74) is 2.50. The molecule has 0 spiro atoms. The van der Waals surface area contributed by atoms with E-state index < -0.39 is 0 Å². The number of para-hydroxylation sites is 1. The zero-order valence-corrected chi connectivity index (χ0v) is 14.3. The van der Waals surface area contributed by atoms with Crippen molar-refractivity contribution in [3.8, 4) is 5.75 Å². The second kappa shape index (κ2) is 8.88. The van der Waals surface area contributed by atoms with Gasteiger partial charge >= 0.3 is 6.03 Å². The molecular formula is C18H23N3O3. The molecule has 128 valence electrons. The van der Waals surface area contributed by atoms with Gasteiger partial charge in [0.1, 0.15) is 5.75 Å². The maximum absolute atomic E-state index is 12.6. The van der Waals surface area contributed by atoms with Crippen molar-refractivity contribution in [2.24, 2.45) is 0 Å². The van der Waals surface area contributed by atoms with Crippen molar-refractivity contribution in [1.82, 2.24) is 9.88 Å². The number of rotatable bonds is 7. The number of aryl methyl sites for hydroxylation is 1. The summed E-state index contributed by atoms with van der Waals surface area (Å²) in [4.78, 5) is 18.5. The first-order chi connectivity index (χ1) is 11.6. The highest BCUT2D eigenvalue weighted by atomic mass is 16.5. The molecular weight excluding hydrogens is 306 g/mol. The van der Waals surface area contributed by atoms with E-state index in [0.717, 1.165) is 17.0 Å². The summed E-state index contributed by atoms with van der Waals surface area (Å²) >= 11 is 0. The number of anilines is 1. The van der Waals surface area contributed by atoms with Gasteiger partial charge in [-0.25, -0.2) is 4.79 Å². The molecule has 0 fully saturated rings. The van der Waals surface area contributed by atoms with E-state index in [1.807, 2.05) is 43.3 Å². The average Bonchev–Trinajstić information content (AvgIpc) is 2.60. The molecule has 1 aromatic heterocycles. The first kappa shape index (κ1) is 17.7. The number of nitrogens with one attached hydrogen (secondary N) is 1. The molecule has 2 aromatic rings. The second-order valence-electron chi connectivity index (χ2n) is 5.34. The molecule has 0 aliphatic carbocycles. The van der Waals surface area contributed by atoms with Gasteiger partial charge in [-0.2, -0.15) is 0 Å². The van der Waals surface area contributed by atoms with Crippen LogP contribution in [0, 0.1) is 6.92 Å². The molecule has 1 heterocycles. The van der Waals surface area contributed by atoms with E-state index in [0.29, 0.717) is 25.4 Å². The van der Waals surface area contributed by atoms with Crippen LogP contribution >= 0.6 is 0 Å². The molecule has 2 rings (SSSR count). The highest BCUT2D eigenvalue weighted by molar-refractivity contribution is 5.89. The summed E-state index contributed by atoms with van der Waals surface area (Å²) in [5, 5.41) is 2.86. The van der Waals surface area contributed by atoms with Gasteiger partial charge < -0.3 is 19.7 Å². The van der Waals surface area contributed by atoms with Crippen LogP contribution in [0.5, 0.6) is 5.75 Å². The Balaban J connectivity index is 2.11. The quantitative estimate of drug-likeness (QED) is 0.848. The summed E-state index contributed by atoms with van der Waals surface area (Å²) in [5.74, 6) is 0.754. The number of urea groups is 1. The number of pyridine rings is 1. The number of methoxy groups -OCH3 is 2. The lowest BCUT2D eigenvalue weighted by Gasteiger charge is -2.23. The van der Waals surface area contributed by atoms with Gasteiger partial charge in [0.25, 0.3) is 0 Å². The highest BCUT2D eigenvalue weighted by Gasteiger charge is 2.16. The lowest BCUT2D eigenvalue weighted by molar-refractivity contribution is 0.152. The lowest BCUT2D eigenvalue weighted by Crippen LogP contribution is -2.37. The Morgan fingerprint density at radius 3 is 2.67 bits per heavy atom. The Morgan fingerprint density at radius 1 is 1.21 bits per heavy atom. The summed E-state index contributed by atoms with van der Waals surface area (Å²) in [6.45, 7) is 3.26. The zero-order chi connectivity index (χ0) is 17.4. The maximum Gasteiger partial charge on any atom is 0.322 e. The van der Waals surface area contributed by atoms with Crippen LogP contribution in [-0.4, -0.2) is 43.3 Å². The number of hydrogen-bond donors (Lipinski definition) is 1. The van der Waals surface area contributed by atoms with Gasteiger partial charge in [0.2, 0.25) is 0 Å². The van der Waals surface area contributed by atoms with Crippen molar-refractivity contribution in [1.29, 1.82) is 0 Å². The van der Waals surface area contributed by atoms with E-state index >= 15 is 0 Å². The SMILES string of the molecule is COCCN(Cc1ccccc1OC)C(=O)Nc1ccc(C)nc1. The number of ether oxygens (including phenoxy) is 2. The van der Waals surface area contributed by atoms with Gasteiger partial charge in [0, 0.05) is 24.9 Å². The molecule has 24 heavy (non-hydrogen) atoms. The largest absolute Gasteiger partial charge is 0.496 e. The van der Waals surface area contributed by atoms with E-state index in [4.69, 9.17) is 9.47 Å². The number of carbonyl (C=O) groups excluding carboxylic acids is 1. The number of nitrogens with zero attached hydrogens (tertiary/aromatic N) is 2. The molecule has 1 aromatic carbocycles. The number of benzene rings is 1. The molecule has 6 nitrogen and oxygen atoms in total. The summed E-state index contributed by atoms with van der Waals surface area (Å²) in [6.07, 6.45) is 1.64. The van der Waals surface area contributed by atoms with Gasteiger partial charge in [-0.1, -0.05) is 18.2 Å². The van der Waals surface area contributed by atoms with Crippen LogP contribution in [0.1, 0.15) is 11.3 Å². The Bertz CT molecular complexity index is 659. The maximum atomic E-state index is 12.6. The second-order valence-corrected chi connectivity index (χ2v) is 5.34. The molecule has 0 radical (unpaired) electrons. The third kappa shape index (κ3) is 4.96. The number of aromatic nitrogens is 1. The lowest BCUT2D eigenvalue weighted by atomic mass is 10.2. The van der Waals surface area contributed by atoms with Gasteiger partial charge in [0.05, 0.1) is 32.1 Å². The fraction of sp³-hybridized carbons (Fsp3) is 0.333. The first-order valence-electron chi connectivity index (χ1n) is 7.73. The van der Waals surface area contributed by atoms with E-state index in [-0.39, 0.29) is 6.03 Å². The Labute approximate surface area is 142 Å². The minimum Gasteiger partial charge on any atom is -0.496 e. The topological polar surface area (TPSA) is 63.7 Å². The first-order valence-corrected chi connectivity index (χ1v) is 7.73. The van der Waals surface area contributed by atoms with Crippen LogP contribution in [0.3, 0.4) is 0 Å². The molecule has 6 heteroatoms. The molecule has 0 atom stereocenters. The monoisotopic (exact) mass is 329 g/mol. The van der Waals surface area contributed by atoms with Gasteiger partial charge in [-0.3, -0.25) is 4.98 Å². The number of amides is 2. The third-order valence-electron chi connectivity index (χ3n) is 3.57. The summed E-state index contributed by atoms with van der Waals surface area (Å²) in [6, 6.07) is 11.1. The average molecular weight is 329 g/mol. The van der Waals surface area contributed by atoms with Crippen LogP contribution in [-0.2, 0) is 11.3 Å². The van der Waals surface area contributed by atoms with Crippen molar-refractivity contribution < 1.29 is 14.3 Å². The fourth-order valence-corrected chi connectivity index (χ4v) is 2.24. The van der Waals surface area contributed by atoms with Crippen LogP contribution < -0.4 is 10.1 Å². The molecule has 0 saturated heterocycles. The Kier molecular flexibility index (Phi) is 6.57. The zero-order valence-electron chi connectivity index (χ0n) is 14.3. The van der Waals surface area contributed by atoms with Gasteiger partial charge in [0.15, 0.2) is 0 Å². The third-order valence-corrected chi connectivity index (χ3v) is 3.57. The molecule has 1 N–H and O–H groups in total. The van der Waals surface area contributed by atoms with Crippen LogP contribution in [0.15, 0.2) is 42.6 Å². The van der Waals surface area contributed by atoms with E-state index in [2.05, 4.69) is 10.3 Å². The molecule has 0 aliphatic heterocycles. The molecule has 0 saturated carbocycles. The number of carbonyl (C=O) groups is 1. The standard InChI is InChI=1S/C18H23N3O3/c1-14-8-9-16(12-19-14)20-18(22)21(10-11-23-2)13-15-6-4-5-7-17(15)24-3/h4-9,12H,10-11,13H2,1-3H3,(H,20,22). The fourth-order valence-electron chi connectivity index (χ4n) is 2.24. The Hall–Kier alpha value is -2.60. The van der Waals surface area contributed by atoms with Crippen molar-refractivity contribution in [3.05, 3.63) is 53.9 Å². The Morgan fingerprint density at radius 2 is 2.00 bits per heavy atom. The predicted molar refractivity (Wildman–Crippen MR) is 93.3 cm³/mol. The van der Waals surface area contributed by atoms with Crippen LogP contribution in [0.25, 0.3) is 0 Å². The molecule has 2 amide bonds. The molecule has 0 bridgehead atoms. The van der Waals surface area contributed by atoms with Crippen molar-refractivity contribution in [3.63, 3.8) is 0 Å². The van der Waals surface area contributed by atoms with Crippen molar-refractivity contribution in [2.45, 2.75) is 13.5 Å². The van der Waals surface area contributed by atoms with E-state index in [1.165, 1.54) is 0 Å². The number of hydrogen-bond acceptors (Lipinski definition) is 4. The van der Waals surface area contributed by atoms with Crippen LogP contribution in [0.2, 0.25) is 0 Å². The van der Waals surface area contributed by atoms with Gasteiger partial charge in [-0.15, -0.1) is 0 Å². The van der Waals surface area contributed by atoms with E-state index in [1.54, 1.807) is 25.3 Å². The van der Waals surface area contributed by atoms with Gasteiger partial charge in [-0.05, 0) is 25.1 Å². The van der Waals surface area contributed by atoms with Crippen LogP contribution in [0.4, 0.5) is 10.5 Å². The minimum absolute atomic E-state index is 0.205.